The Morgan fingerprint density at radius 3 is 2.12 bits per heavy atom. The molecule has 0 aromatic carbocycles. The number of hydrogen-bond acceptors (Lipinski definition) is 0. The maximum Gasteiger partial charge on any atom is 0.303 e. The highest BCUT2D eigenvalue weighted by Gasteiger charge is 2.29. The molecule has 1 nitrogen and oxygen atoms in total. The lowest BCUT2D eigenvalue weighted by Gasteiger charge is -2.11. The molecule has 0 heterocycles. The van der Waals surface area contributed by atoms with E-state index in [0.29, 0.717) is 0 Å². The third-order valence-electron chi connectivity index (χ3n) is 0.939. The molecule has 2 heteroatoms. The molecule has 0 saturated carbocycles. The fraction of sp³-hybridized carbons (Fsp3) is 0.667. The lowest BCUT2D eigenvalue weighted by Crippen LogP contribution is -2.24. The molecule has 0 bridgehead atoms. The molecule has 0 saturated heterocycles. The number of halogens is 1. The standard InChI is InChI=1S/C6H8FO/c1-4-6(7,8)5(2)3/h1,5H,2-3H3. The van der Waals surface area contributed by atoms with Gasteiger partial charge in [0.05, 0.1) is 0 Å². The van der Waals surface area contributed by atoms with Crippen molar-refractivity contribution in [1.29, 1.82) is 0 Å². The molecule has 0 aromatic heterocycles. The first-order valence-corrected chi connectivity index (χ1v) is 2.38. The highest BCUT2D eigenvalue weighted by molar-refractivity contribution is 5.01. The van der Waals surface area contributed by atoms with Gasteiger partial charge in [0, 0.05) is 5.92 Å². The van der Waals surface area contributed by atoms with Gasteiger partial charge in [-0.15, -0.1) is 6.42 Å². The number of alkyl halides is 1. The van der Waals surface area contributed by atoms with E-state index >= 15 is 0 Å². The zero-order chi connectivity index (χ0) is 6.78. The van der Waals surface area contributed by atoms with Crippen LogP contribution in [0.5, 0.6) is 0 Å². The molecule has 0 amide bonds. The minimum Gasteiger partial charge on any atom is -0.194 e. The average molecular weight is 115 g/mol. The summed E-state index contributed by atoms with van der Waals surface area (Å²) in [5, 5.41) is 10.3. The Bertz CT molecular complexity index is 110. The summed E-state index contributed by atoms with van der Waals surface area (Å²) >= 11 is 0. The summed E-state index contributed by atoms with van der Waals surface area (Å²) in [4.78, 5) is 0. The van der Waals surface area contributed by atoms with Crippen LogP contribution >= 0.6 is 0 Å². The molecule has 1 unspecified atom stereocenters. The Morgan fingerprint density at radius 2 is 2.12 bits per heavy atom. The van der Waals surface area contributed by atoms with E-state index in [-0.39, 0.29) is 0 Å². The highest BCUT2D eigenvalue weighted by atomic mass is 19.2. The van der Waals surface area contributed by atoms with Crippen LogP contribution in [-0.4, -0.2) is 5.85 Å². The molecule has 0 spiro atoms. The van der Waals surface area contributed by atoms with Crippen molar-refractivity contribution in [2.75, 3.05) is 0 Å². The van der Waals surface area contributed by atoms with Gasteiger partial charge in [0.2, 0.25) is 0 Å². The summed E-state index contributed by atoms with van der Waals surface area (Å²) in [6.07, 6.45) is 4.57. The van der Waals surface area contributed by atoms with E-state index in [9.17, 15) is 9.50 Å². The molecule has 1 radical (unpaired) electrons. The van der Waals surface area contributed by atoms with Crippen molar-refractivity contribution >= 4 is 0 Å². The van der Waals surface area contributed by atoms with E-state index in [1.54, 1.807) is 0 Å². The fourth-order valence-corrected chi connectivity index (χ4v) is 0.167. The van der Waals surface area contributed by atoms with Gasteiger partial charge in [0.15, 0.2) is 0 Å². The van der Waals surface area contributed by atoms with Gasteiger partial charge in [0.25, 0.3) is 0 Å². The van der Waals surface area contributed by atoms with Crippen molar-refractivity contribution in [2.45, 2.75) is 19.7 Å². The van der Waals surface area contributed by atoms with Gasteiger partial charge in [-0.25, -0.2) is 0 Å². The predicted molar refractivity (Wildman–Crippen MR) is 28.2 cm³/mol. The van der Waals surface area contributed by atoms with Crippen molar-refractivity contribution in [3.63, 3.8) is 0 Å². The van der Waals surface area contributed by atoms with Crippen molar-refractivity contribution in [2.24, 2.45) is 5.92 Å². The Balaban J connectivity index is 3.97. The van der Waals surface area contributed by atoms with Crippen LogP contribution in [0.3, 0.4) is 0 Å². The van der Waals surface area contributed by atoms with Crippen LogP contribution in [0.2, 0.25) is 0 Å². The largest absolute Gasteiger partial charge is 0.303 e. The molecular weight excluding hydrogens is 107 g/mol. The second kappa shape index (κ2) is 2.15. The summed E-state index contributed by atoms with van der Waals surface area (Å²) in [5.41, 5.74) is 0. The number of terminal acetylenes is 1. The van der Waals surface area contributed by atoms with E-state index < -0.39 is 11.8 Å². The van der Waals surface area contributed by atoms with E-state index in [4.69, 9.17) is 0 Å². The Hall–Kier alpha value is -0.550. The van der Waals surface area contributed by atoms with Gasteiger partial charge < -0.3 is 0 Å². The molecule has 8 heavy (non-hydrogen) atoms. The Kier molecular flexibility index (Phi) is 2.00. The minimum absolute atomic E-state index is 0.646. The quantitative estimate of drug-likeness (QED) is 0.460. The smallest absolute Gasteiger partial charge is 0.194 e. The van der Waals surface area contributed by atoms with Gasteiger partial charge in [-0.3, -0.25) is 0 Å². The van der Waals surface area contributed by atoms with Crippen LogP contribution in [0.15, 0.2) is 0 Å². The molecule has 1 atom stereocenters. The summed E-state index contributed by atoms with van der Waals surface area (Å²) in [7, 11) is 0. The normalized spacial score (nSPS) is 17.5. The van der Waals surface area contributed by atoms with Gasteiger partial charge in [-0.2, -0.15) is 9.50 Å². The Morgan fingerprint density at radius 1 is 1.75 bits per heavy atom. The van der Waals surface area contributed by atoms with Crippen molar-refractivity contribution in [3.8, 4) is 12.3 Å². The maximum atomic E-state index is 12.2. The van der Waals surface area contributed by atoms with Crippen molar-refractivity contribution < 1.29 is 9.50 Å². The van der Waals surface area contributed by atoms with Gasteiger partial charge >= 0.3 is 5.85 Å². The zero-order valence-corrected chi connectivity index (χ0v) is 4.94. The summed E-state index contributed by atoms with van der Waals surface area (Å²) in [5.74, 6) is -1.81. The minimum atomic E-state index is -2.68. The zero-order valence-electron chi connectivity index (χ0n) is 4.94. The molecule has 0 rings (SSSR count). The molecule has 0 aliphatic rings. The number of rotatable bonds is 1. The first kappa shape index (κ1) is 7.45. The van der Waals surface area contributed by atoms with Crippen molar-refractivity contribution in [1.82, 2.24) is 0 Å². The topological polar surface area (TPSA) is 19.9 Å². The molecule has 0 fully saturated rings. The summed E-state index contributed by atoms with van der Waals surface area (Å²) in [6.45, 7) is 2.90. The second-order valence-electron chi connectivity index (χ2n) is 1.94. The van der Waals surface area contributed by atoms with Crippen LogP contribution in [0.4, 0.5) is 4.39 Å². The van der Waals surface area contributed by atoms with E-state index in [2.05, 4.69) is 6.42 Å². The third-order valence-corrected chi connectivity index (χ3v) is 0.939. The van der Waals surface area contributed by atoms with Gasteiger partial charge in [0.1, 0.15) is 0 Å². The number of hydrogen-bond donors (Lipinski definition) is 0. The fourth-order valence-electron chi connectivity index (χ4n) is 0.167. The lowest BCUT2D eigenvalue weighted by molar-refractivity contribution is -0.123. The van der Waals surface area contributed by atoms with Crippen LogP contribution < -0.4 is 0 Å². The lowest BCUT2D eigenvalue weighted by atomic mass is 10.1. The van der Waals surface area contributed by atoms with Crippen LogP contribution in [0.1, 0.15) is 13.8 Å². The molecule has 0 aromatic rings. The van der Waals surface area contributed by atoms with Crippen molar-refractivity contribution in [3.05, 3.63) is 0 Å². The summed E-state index contributed by atoms with van der Waals surface area (Å²) < 4.78 is 12.2. The average Bonchev–Trinajstić information content (AvgIpc) is 1.67. The van der Waals surface area contributed by atoms with E-state index in [1.807, 2.05) is 0 Å². The Labute approximate surface area is 48.5 Å². The predicted octanol–water partition coefficient (Wildman–Crippen LogP) is 1.37. The molecular formula is C6H8FO. The van der Waals surface area contributed by atoms with E-state index in [0.717, 1.165) is 0 Å². The highest BCUT2D eigenvalue weighted by Crippen LogP contribution is 2.16. The van der Waals surface area contributed by atoms with Gasteiger partial charge in [-0.05, 0) is 5.92 Å². The first-order chi connectivity index (χ1) is 3.50. The monoisotopic (exact) mass is 115 g/mol. The van der Waals surface area contributed by atoms with Crippen LogP contribution in [-0.2, 0) is 5.11 Å². The van der Waals surface area contributed by atoms with Crippen LogP contribution in [0.25, 0.3) is 0 Å². The molecule has 0 aliphatic heterocycles. The third kappa shape index (κ3) is 1.51. The van der Waals surface area contributed by atoms with E-state index in [1.165, 1.54) is 19.8 Å². The van der Waals surface area contributed by atoms with Crippen LogP contribution in [0, 0.1) is 18.3 Å². The SMILES string of the molecule is C#CC([O])(F)C(C)C. The molecule has 45 valence electrons. The van der Waals surface area contributed by atoms with Gasteiger partial charge in [-0.1, -0.05) is 13.8 Å². The summed E-state index contributed by atoms with van der Waals surface area (Å²) in [6, 6.07) is 0. The molecule has 0 N–H and O–H groups in total. The first-order valence-electron chi connectivity index (χ1n) is 2.38. The second-order valence-corrected chi connectivity index (χ2v) is 1.94. The molecule has 0 aliphatic carbocycles. The maximum absolute atomic E-state index is 12.2.